The fourth-order valence-electron chi connectivity index (χ4n) is 8.39. The SMILES string of the molecule is C=CCCC(=O)N[C@H](COC)[C@H](OC(=O)[C@@H]1[C@H]2O[C@@]3(CC2Br)[C@H](C(=O)N(CC=C)C2CCCCC2)N(CCCO)C(=O)[C@@H]13)c1ccccc1. The largest absolute Gasteiger partial charge is 0.455 e. The van der Waals surface area contributed by atoms with E-state index < -0.39 is 47.7 Å². The summed E-state index contributed by atoms with van der Waals surface area (Å²) in [7, 11) is 1.51. The predicted octanol–water partition coefficient (Wildman–Crippen LogP) is 3.85. The Morgan fingerprint density at radius 1 is 1.18 bits per heavy atom. The van der Waals surface area contributed by atoms with Gasteiger partial charge in [-0.05, 0) is 37.7 Å². The van der Waals surface area contributed by atoms with Gasteiger partial charge in [-0.2, -0.15) is 0 Å². The summed E-state index contributed by atoms with van der Waals surface area (Å²) in [6.45, 7) is 8.00. The van der Waals surface area contributed by atoms with Crippen LogP contribution >= 0.6 is 15.9 Å². The molecule has 49 heavy (non-hydrogen) atoms. The van der Waals surface area contributed by atoms with Gasteiger partial charge in [0.15, 0.2) is 0 Å². The number of allylic oxidation sites excluding steroid dienone is 1. The highest BCUT2D eigenvalue weighted by Crippen LogP contribution is 2.60. The van der Waals surface area contributed by atoms with Gasteiger partial charge in [-0.3, -0.25) is 19.2 Å². The van der Waals surface area contributed by atoms with Gasteiger partial charge >= 0.3 is 5.97 Å². The fraction of sp³-hybridized carbons (Fsp3) is 0.622. The number of rotatable bonds is 17. The summed E-state index contributed by atoms with van der Waals surface area (Å²) in [5.41, 5.74) is -0.605. The minimum absolute atomic E-state index is 0.0228. The van der Waals surface area contributed by atoms with Gasteiger partial charge in [0.05, 0.1) is 30.6 Å². The Balaban J connectivity index is 1.49. The van der Waals surface area contributed by atoms with Crippen molar-refractivity contribution in [3.8, 4) is 0 Å². The molecule has 4 aliphatic rings. The highest BCUT2D eigenvalue weighted by molar-refractivity contribution is 9.09. The van der Waals surface area contributed by atoms with E-state index in [1.165, 1.54) is 12.0 Å². The Morgan fingerprint density at radius 2 is 1.92 bits per heavy atom. The Morgan fingerprint density at radius 3 is 2.57 bits per heavy atom. The molecule has 3 amide bonds. The van der Waals surface area contributed by atoms with Crippen molar-refractivity contribution in [3.05, 3.63) is 61.2 Å². The molecule has 1 spiro atoms. The summed E-state index contributed by atoms with van der Waals surface area (Å²) in [5.74, 6) is -3.40. The van der Waals surface area contributed by atoms with Crippen LogP contribution in [0.15, 0.2) is 55.6 Å². The zero-order valence-corrected chi connectivity index (χ0v) is 29.9. The summed E-state index contributed by atoms with van der Waals surface area (Å²) in [4.78, 5) is 59.6. The number of fused-ring (bicyclic) bond motifs is 1. The number of methoxy groups -OCH3 is 1. The lowest BCUT2D eigenvalue weighted by atomic mass is 9.70. The second kappa shape index (κ2) is 16.8. The van der Waals surface area contributed by atoms with Crippen molar-refractivity contribution in [1.82, 2.24) is 15.1 Å². The van der Waals surface area contributed by atoms with Crippen LogP contribution in [0.1, 0.15) is 69.5 Å². The zero-order valence-electron chi connectivity index (χ0n) is 28.3. The third kappa shape index (κ3) is 7.52. The van der Waals surface area contributed by atoms with E-state index in [4.69, 9.17) is 14.2 Å². The molecule has 2 bridgehead atoms. The molecule has 8 atom stereocenters. The van der Waals surface area contributed by atoms with Gasteiger partial charge in [-0.15, -0.1) is 13.2 Å². The smallest absolute Gasteiger partial charge is 0.313 e. The molecule has 11 nitrogen and oxygen atoms in total. The average Bonchev–Trinajstić information content (AvgIpc) is 3.70. The third-order valence-corrected chi connectivity index (χ3v) is 11.3. The van der Waals surface area contributed by atoms with Crippen molar-refractivity contribution >= 4 is 39.6 Å². The zero-order chi connectivity index (χ0) is 35.1. The molecule has 5 rings (SSSR count). The number of amides is 3. The number of nitrogens with zero attached hydrogens (tertiary/aromatic N) is 2. The van der Waals surface area contributed by atoms with E-state index in [-0.39, 0.29) is 61.2 Å². The lowest BCUT2D eigenvalue weighted by Crippen LogP contribution is -2.58. The Kier molecular flexibility index (Phi) is 12.7. The highest BCUT2D eigenvalue weighted by atomic mass is 79.9. The first-order valence-corrected chi connectivity index (χ1v) is 18.4. The summed E-state index contributed by atoms with van der Waals surface area (Å²) in [6, 6.07) is 7.45. The number of aliphatic hydroxyl groups excluding tert-OH is 1. The minimum atomic E-state index is -1.26. The third-order valence-electron chi connectivity index (χ3n) is 10.5. The first kappa shape index (κ1) is 37.2. The van der Waals surface area contributed by atoms with Gasteiger partial charge in [-0.25, -0.2) is 0 Å². The van der Waals surface area contributed by atoms with Crippen LogP contribution in [0.4, 0.5) is 0 Å². The topological polar surface area (TPSA) is 135 Å². The number of halogens is 1. The fourth-order valence-corrected chi connectivity index (χ4v) is 9.34. The Hall–Kier alpha value is -3.06. The van der Waals surface area contributed by atoms with Crippen molar-refractivity contribution in [2.45, 2.75) is 98.5 Å². The van der Waals surface area contributed by atoms with Gasteiger partial charge in [-0.1, -0.05) is 77.7 Å². The quantitative estimate of drug-likeness (QED) is 0.140. The summed E-state index contributed by atoms with van der Waals surface area (Å²) < 4.78 is 18.5. The molecule has 1 aromatic carbocycles. The van der Waals surface area contributed by atoms with Crippen molar-refractivity contribution in [3.63, 3.8) is 0 Å². The number of aliphatic hydroxyl groups is 1. The maximum atomic E-state index is 14.7. The van der Waals surface area contributed by atoms with Crippen LogP contribution in [0.5, 0.6) is 0 Å². The molecule has 3 saturated heterocycles. The van der Waals surface area contributed by atoms with Crippen molar-refractivity contribution in [2.24, 2.45) is 11.8 Å². The second-order valence-corrected chi connectivity index (χ2v) is 14.7. The average molecular weight is 745 g/mol. The highest BCUT2D eigenvalue weighted by Gasteiger charge is 2.77. The van der Waals surface area contributed by atoms with Gasteiger partial charge in [0.2, 0.25) is 17.7 Å². The number of alkyl halides is 1. The number of carbonyl (C=O) groups excluding carboxylic acids is 4. The normalized spacial score (nSPS) is 28.8. The van der Waals surface area contributed by atoms with Crippen LogP contribution in [0.2, 0.25) is 0 Å². The van der Waals surface area contributed by atoms with Gasteiger partial charge in [0.1, 0.15) is 17.7 Å². The van der Waals surface area contributed by atoms with E-state index in [0.717, 1.165) is 32.1 Å². The van der Waals surface area contributed by atoms with Crippen molar-refractivity contribution in [2.75, 3.05) is 33.4 Å². The summed E-state index contributed by atoms with van der Waals surface area (Å²) in [6.07, 6.45) is 7.99. The molecule has 1 aliphatic carbocycles. The maximum absolute atomic E-state index is 14.7. The minimum Gasteiger partial charge on any atom is -0.455 e. The maximum Gasteiger partial charge on any atom is 0.313 e. The molecule has 0 radical (unpaired) electrons. The van der Waals surface area contributed by atoms with Crippen LogP contribution in [0.25, 0.3) is 0 Å². The number of hydrogen-bond donors (Lipinski definition) is 2. The molecule has 1 saturated carbocycles. The van der Waals surface area contributed by atoms with Crippen molar-refractivity contribution < 1.29 is 38.5 Å². The molecular formula is C37H50BrN3O8. The number of nitrogens with one attached hydrogen (secondary N) is 1. The Labute approximate surface area is 297 Å². The van der Waals surface area contributed by atoms with Crippen LogP contribution in [0.3, 0.4) is 0 Å². The standard InChI is InChI=1S/C37H50BrN3O8/c1-4-6-18-28(43)39-27(23-47-3)31(24-14-9-7-10-15-24)48-36(46)29-30-34(44)41(20-13-21-42)33(37(30)22-26(38)32(29)49-37)35(45)40(19-5-2)25-16-11-8-12-17-25/h4-5,7,9-10,14-15,25-27,29-33,42H,1-2,6,8,11-13,16-23H2,3H3,(H,39,43)/t26?,27-,29+,30-,31-,32+,33+,37-/m1/s1. The molecule has 1 unspecified atom stereocenters. The first-order chi connectivity index (χ1) is 23.7. The number of esters is 1. The van der Waals surface area contributed by atoms with Crippen LogP contribution in [-0.4, -0.2) is 107 Å². The molecule has 12 heteroatoms. The van der Waals surface area contributed by atoms with Gasteiger partial charge in [0.25, 0.3) is 0 Å². The summed E-state index contributed by atoms with van der Waals surface area (Å²) >= 11 is 3.74. The van der Waals surface area contributed by atoms with Crippen LogP contribution in [-0.2, 0) is 33.4 Å². The van der Waals surface area contributed by atoms with E-state index in [1.54, 1.807) is 12.2 Å². The van der Waals surface area contributed by atoms with E-state index in [0.29, 0.717) is 24.9 Å². The van der Waals surface area contributed by atoms with E-state index in [9.17, 15) is 24.3 Å². The van der Waals surface area contributed by atoms with E-state index in [1.807, 2.05) is 35.2 Å². The van der Waals surface area contributed by atoms with E-state index in [2.05, 4.69) is 34.4 Å². The molecule has 2 N–H and O–H groups in total. The lowest BCUT2D eigenvalue weighted by molar-refractivity contribution is -0.163. The molecule has 268 valence electrons. The summed E-state index contributed by atoms with van der Waals surface area (Å²) in [5, 5.41) is 12.7. The molecule has 3 aliphatic heterocycles. The number of ether oxygens (including phenoxy) is 3. The molecular weight excluding hydrogens is 694 g/mol. The predicted molar refractivity (Wildman–Crippen MR) is 186 cm³/mol. The van der Waals surface area contributed by atoms with Crippen LogP contribution in [0, 0.1) is 11.8 Å². The number of carbonyl (C=O) groups is 4. The lowest BCUT2D eigenvalue weighted by Gasteiger charge is -2.41. The second-order valence-electron chi connectivity index (χ2n) is 13.6. The van der Waals surface area contributed by atoms with E-state index >= 15 is 0 Å². The monoisotopic (exact) mass is 743 g/mol. The first-order valence-electron chi connectivity index (χ1n) is 17.5. The molecule has 0 aromatic heterocycles. The van der Waals surface area contributed by atoms with Crippen molar-refractivity contribution in [1.29, 1.82) is 0 Å². The van der Waals surface area contributed by atoms with Gasteiger partial charge < -0.3 is 34.4 Å². The molecule has 3 heterocycles. The molecule has 1 aromatic rings. The number of likely N-dealkylation sites (tertiary alicyclic amines) is 1. The van der Waals surface area contributed by atoms with Crippen LogP contribution < -0.4 is 5.32 Å². The number of hydrogen-bond acceptors (Lipinski definition) is 8. The number of benzene rings is 1. The molecule has 4 fully saturated rings. The van der Waals surface area contributed by atoms with Gasteiger partial charge in [0, 0.05) is 44.1 Å². The Bertz CT molecular complexity index is 1360.